The van der Waals surface area contributed by atoms with Crippen molar-refractivity contribution in [2.45, 2.75) is 0 Å². The molecule has 0 unspecified atom stereocenters. The van der Waals surface area contributed by atoms with Crippen molar-refractivity contribution in [3.8, 4) is 28.1 Å². The molecule has 142 valence electrons. The van der Waals surface area contributed by atoms with Crippen molar-refractivity contribution >= 4 is 33.0 Å². The SMILES string of the molecule is c1ccc(-c2cc(-n3c(-c4ccsc4)cc4ccccc43)c3ccccc3c2)cc1. The highest BCUT2D eigenvalue weighted by molar-refractivity contribution is 7.08. The maximum atomic E-state index is 2.42. The van der Waals surface area contributed by atoms with Crippen molar-refractivity contribution in [3.63, 3.8) is 0 Å². The third-order valence-corrected chi connectivity index (χ3v) is 6.40. The fourth-order valence-electron chi connectivity index (χ4n) is 4.31. The van der Waals surface area contributed by atoms with E-state index in [2.05, 4.69) is 118 Å². The Morgan fingerprint density at radius 1 is 0.567 bits per heavy atom. The van der Waals surface area contributed by atoms with Crippen LogP contribution in [-0.2, 0) is 0 Å². The van der Waals surface area contributed by atoms with Crippen molar-refractivity contribution in [3.05, 3.63) is 114 Å². The van der Waals surface area contributed by atoms with Gasteiger partial charge in [-0.15, -0.1) is 0 Å². The number of rotatable bonds is 3. The number of hydrogen-bond acceptors (Lipinski definition) is 1. The smallest absolute Gasteiger partial charge is 0.0549 e. The van der Waals surface area contributed by atoms with Gasteiger partial charge in [-0.3, -0.25) is 0 Å². The summed E-state index contributed by atoms with van der Waals surface area (Å²) in [6.45, 7) is 0. The summed E-state index contributed by atoms with van der Waals surface area (Å²) in [6.07, 6.45) is 0. The van der Waals surface area contributed by atoms with Crippen molar-refractivity contribution in [1.82, 2.24) is 4.57 Å². The first kappa shape index (κ1) is 17.3. The second-order valence-electron chi connectivity index (χ2n) is 7.52. The van der Waals surface area contributed by atoms with Crippen LogP contribution in [0.1, 0.15) is 0 Å². The van der Waals surface area contributed by atoms with Gasteiger partial charge in [0.1, 0.15) is 0 Å². The largest absolute Gasteiger partial charge is 0.309 e. The van der Waals surface area contributed by atoms with Crippen LogP contribution < -0.4 is 0 Å². The van der Waals surface area contributed by atoms with Crippen LogP contribution >= 0.6 is 11.3 Å². The molecule has 0 aliphatic carbocycles. The van der Waals surface area contributed by atoms with Gasteiger partial charge in [-0.2, -0.15) is 11.3 Å². The van der Waals surface area contributed by atoms with Crippen LogP contribution in [0.5, 0.6) is 0 Å². The molecule has 0 radical (unpaired) electrons. The molecule has 0 saturated carbocycles. The molecule has 0 spiro atoms. The summed E-state index contributed by atoms with van der Waals surface area (Å²) >= 11 is 1.74. The Labute approximate surface area is 179 Å². The van der Waals surface area contributed by atoms with Gasteiger partial charge < -0.3 is 4.57 Å². The van der Waals surface area contributed by atoms with Crippen molar-refractivity contribution in [2.24, 2.45) is 0 Å². The van der Waals surface area contributed by atoms with E-state index in [-0.39, 0.29) is 0 Å². The van der Waals surface area contributed by atoms with Crippen LogP contribution in [0.15, 0.2) is 114 Å². The maximum Gasteiger partial charge on any atom is 0.0549 e. The van der Waals surface area contributed by atoms with E-state index in [0.29, 0.717) is 0 Å². The second kappa shape index (κ2) is 7.01. The van der Waals surface area contributed by atoms with Crippen molar-refractivity contribution < 1.29 is 0 Å². The molecule has 1 nitrogen and oxygen atoms in total. The van der Waals surface area contributed by atoms with E-state index in [4.69, 9.17) is 0 Å². The molecule has 0 fully saturated rings. The number of thiophene rings is 1. The number of fused-ring (bicyclic) bond motifs is 2. The third-order valence-electron chi connectivity index (χ3n) is 5.72. The molecule has 4 aromatic carbocycles. The summed E-state index contributed by atoms with van der Waals surface area (Å²) in [5, 5.41) is 8.15. The van der Waals surface area contributed by atoms with Gasteiger partial charge in [0.05, 0.1) is 16.9 Å². The van der Waals surface area contributed by atoms with E-state index in [9.17, 15) is 0 Å². The Kier molecular flexibility index (Phi) is 4.03. The van der Waals surface area contributed by atoms with Crippen LogP contribution in [-0.4, -0.2) is 4.57 Å². The lowest BCUT2D eigenvalue weighted by Crippen LogP contribution is -1.98. The average molecular weight is 402 g/mol. The van der Waals surface area contributed by atoms with Crippen molar-refractivity contribution in [2.75, 3.05) is 0 Å². The molecule has 0 aliphatic rings. The molecular formula is C28H19NS. The molecule has 6 rings (SSSR count). The third kappa shape index (κ3) is 2.77. The first-order valence-corrected chi connectivity index (χ1v) is 11.0. The predicted molar refractivity (Wildman–Crippen MR) is 130 cm³/mol. The van der Waals surface area contributed by atoms with E-state index in [0.717, 1.165) is 0 Å². The Balaban J connectivity index is 1.74. The number of benzene rings is 4. The number of para-hydroxylation sites is 1. The highest BCUT2D eigenvalue weighted by Gasteiger charge is 2.16. The van der Waals surface area contributed by atoms with Crippen LogP contribution in [0.25, 0.3) is 49.7 Å². The highest BCUT2D eigenvalue weighted by atomic mass is 32.1. The van der Waals surface area contributed by atoms with Crippen LogP contribution in [0.4, 0.5) is 0 Å². The maximum absolute atomic E-state index is 2.42. The molecule has 0 atom stereocenters. The van der Waals surface area contributed by atoms with Gasteiger partial charge in [0.2, 0.25) is 0 Å². The fourth-order valence-corrected chi connectivity index (χ4v) is 4.96. The first-order chi connectivity index (χ1) is 14.9. The second-order valence-corrected chi connectivity index (χ2v) is 8.30. The average Bonchev–Trinajstić information content (AvgIpc) is 3.47. The molecular weight excluding hydrogens is 382 g/mol. The lowest BCUT2D eigenvalue weighted by atomic mass is 9.99. The summed E-state index contributed by atoms with van der Waals surface area (Å²) in [5.41, 5.74) is 7.40. The monoisotopic (exact) mass is 401 g/mol. The topological polar surface area (TPSA) is 4.93 Å². The summed E-state index contributed by atoms with van der Waals surface area (Å²) < 4.78 is 2.42. The van der Waals surface area contributed by atoms with Gasteiger partial charge in [-0.1, -0.05) is 72.8 Å². The molecule has 2 heterocycles. The quantitative estimate of drug-likeness (QED) is 0.282. The minimum Gasteiger partial charge on any atom is -0.309 e. The van der Waals surface area contributed by atoms with Crippen LogP contribution in [0.2, 0.25) is 0 Å². The van der Waals surface area contributed by atoms with Gasteiger partial charge in [-0.05, 0) is 52.2 Å². The summed E-state index contributed by atoms with van der Waals surface area (Å²) in [7, 11) is 0. The molecule has 0 N–H and O–H groups in total. The molecule has 0 saturated heterocycles. The molecule has 0 amide bonds. The van der Waals surface area contributed by atoms with E-state index >= 15 is 0 Å². The van der Waals surface area contributed by atoms with Crippen LogP contribution in [0.3, 0.4) is 0 Å². The Hall–Kier alpha value is -3.62. The van der Waals surface area contributed by atoms with Crippen molar-refractivity contribution in [1.29, 1.82) is 0 Å². The normalized spacial score (nSPS) is 11.3. The Morgan fingerprint density at radius 2 is 1.33 bits per heavy atom. The zero-order chi connectivity index (χ0) is 19.9. The number of hydrogen-bond donors (Lipinski definition) is 0. The molecule has 2 heteroatoms. The van der Waals surface area contributed by atoms with E-state index in [1.807, 2.05) is 0 Å². The number of nitrogens with zero attached hydrogens (tertiary/aromatic N) is 1. The highest BCUT2D eigenvalue weighted by Crippen LogP contribution is 2.37. The molecule has 2 aromatic heterocycles. The molecule has 0 aliphatic heterocycles. The summed E-state index contributed by atoms with van der Waals surface area (Å²) in [5.74, 6) is 0. The minimum absolute atomic E-state index is 1.22. The van der Waals surface area contributed by atoms with Gasteiger partial charge in [-0.25, -0.2) is 0 Å². The lowest BCUT2D eigenvalue weighted by Gasteiger charge is -2.16. The van der Waals surface area contributed by atoms with Gasteiger partial charge in [0.25, 0.3) is 0 Å². The zero-order valence-electron chi connectivity index (χ0n) is 16.3. The first-order valence-electron chi connectivity index (χ1n) is 10.1. The standard InChI is InChI=1S/C28H19NS/c1-2-8-20(9-3-1)24-16-21-10-4-6-12-25(21)28(18-24)29-26-13-7-5-11-22(26)17-27(29)23-14-15-30-19-23/h1-19H. The van der Waals surface area contributed by atoms with Gasteiger partial charge in [0, 0.05) is 21.7 Å². The van der Waals surface area contributed by atoms with E-state index in [1.165, 1.54) is 49.7 Å². The Bertz CT molecular complexity index is 1470. The molecule has 30 heavy (non-hydrogen) atoms. The zero-order valence-corrected chi connectivity index (χ0v) is 17.1. The molecule has 0 bridgehead atoms. The fraction of sp³-hybridized carbons (Fsp3) is 0. The van der Waals surface area contributed by atoms with E-state index < -0.39 is 0 Å². The van der Waals surface area contributed by atoms with Gasteiger partial charge >= 0.3 is 0 Å². The lowest BCUT2D eigenvalue weighted by molar-refractivity contribution is 1.15. The molecule has 6 aromatic rings. The summed E-state index contributed by atoms with van der Waals surface area (Å²) in [6, 6.07) is 37.1. The van der Waals surface area contributed by atoms with E-state index in [1.54, 1.807) is 11.3 Å². The van der Waals surface area contributed by atoms with Gasteiger partial charge in [0.15, 0.2) is 0 Å². The predicted octanol–water partition coefficient (Wildman–Crippen LogP) is 8.18. The van der Waals surface area contributed by atoms with Crippen LogP contribution in [0, 0.1) is 0 Å². The minimum atomic E-state index is 1.22. The Morgan fingerprint density at radius 3 is 2.17 bits per heavy atom. The summed E-state index contributed by atoms with van der Waals surface area (Å²) in [4.78, 5) is 0. The number of aromatic nitrogens is 1.